The lowest BCUT2D eigenvalue weighted by Crippen LogP contribution is -2.14. The summed E-state index contributed by atoms with van der Waals surface area (Å²) in [5.41, 5.74) is 5.22. The van der Waals surface area contributed by atoms with Crippen molar-refractivity contribution in [2.75, 3.05) is 5.32 Å². The number of carbonyl (C=O) groups excluding carboxylic acids is 1. The molecule has 4 heteroatoms. The fraction of sp³-hybridized carbons (Fsp3) is 0.176. The topological polar surface area (TPSA) is 46.4 Å². The van der Waals surface area contributed by atoms with Crippen LogP contribution in [0.5, 0.6) is 0 Å². The third-order valence-corrected chi connectivity index (χ3v) is 3.70. The normalized spacial score (nSPS) is 10.8. The molecule has 0 bridgehead atoms. The molecular weight excluding hydrogens is 262 g/mol. The summed E-state index contributed by atoms with van der Waals surface area (Å²) in [6.45, 7) is 5.95. The van der Waals surface area contributed by atoms with E-state index in [0.29, 0.717) is 11.2 Å². The smallest absolute Gasteiger partial charge is 0.259 e. The highest BCUT2D eigenvalue weighted by Crippen LogP contribution is 2.20. The molecule has 3 aromatic rings. The van der Waals surface area contributed by atoms with Gasteiger partial charge in [-0.15, -0.1) is 0 Å². The zero-order valence-corrected chi connectivity index (χ0v) is 12.3. The summed E-state index contributed by atoms with van der Waals surface area (Å²) in [6, 6.07) is 9.54. The molecule has 21 heavy (non-hydrogen) atoms. The van der Waals surface area contributed by atoms with Gasteiger partial charge in [0.05, 0.1) is 11.3 Å². The van der Waals surface area contributed by atoms with Gasteiger partial charge < -0.3 is 9.72 Å². The third kappa shape index (κ3) is 2.40. The molecule has 0 aliphatic carbocycles. The summed E-state index contributed by atoms with van der Waals surface area (Å²) in [7, 11) is 0. The van der Waals surface area contributed by atoms with Gasteiger partial charge in [0.25, 0.3) is 5.91 Å². The molecule has 1 N–H and O–H groups in total. The fourth-order valence-electron chi connectivity index (χ4n) is 2.39. The number of anilines is 1. The van der Waals surface area contributed by atoms with Gasteiger partial charge in [-0.1, -0.05) is 12.1 Å². The molecule has 0 radical (unpaired) electrons. The average molecular weight is 279 g/mol. The molecule has 0 fully saturated rings. The van der Waals surface area contributed by atoms with Crippen LogP contribution in [0.15, 0.2) is 42.7 Å². The molecule has 0 saturated heterocycles. The third-order valence-electron chi connectivity index (χ3n) is 3.70. The second-order valence-corrected chi connectivity index (χ2v) is 5.24. The van der Waals surface area contributed by atoms with Crippen LogP contribution >= 0.6 is 0 Å². The maximum Gasteiger partial charge on any atom is 0.259 e. The van der Waals surface area contributed by atoms with E-state index in [1.807, 2.05) is 61.8 Å². The van der Waals surface area contributed by atoms with Crippen molar-refractivity contribution >= 4 is 17.2 Å². The Kier molecular flexibility index (Phi) is 3.22. The Labute approximate surface area is 123 Å². The largest absolute Gasteiger partial charge is 0.322 e. The summed E-state index contributed by atoms with van der Waals surface area (Å²) in [4.78, 5) is 17.0. The number of imidazole rings is 1. The van der Waals surface area contributed by atoms with E-state index in [-0.39, 0.29) is 5.91 Å². The van der Waals surface area contributed by atoms with Gasteiger partial charge in [-0.2, -0.15) is 0 Å². The molecule has 1 aromatic carbocycles. The van der Waals surface area contributed by atoms with Crippen molar-refractivity contribution in [3.8, 4) is 0 Å². The van der Waals surface area contributed by atoms with E-state index < -0.39 is 0 Å². The van der Waals surface area contributed by atoms with Gasteiger partial charge in [0.2, 0.25) is 0 Å². The summed E-state index contributed by atoms with van der Waals surface area (Å²) >= 11 is 0. The number of carbonyl (C=O) groups is 1. The van der Waals surface area contributed by atoms with Gasteiger partial charge in [-0.25, -0.2) is 4.98 Å². The maximum absolute atomic E-state index is 12.5. The van der Waals surface area contributed by atoms with E-state index in [1.54, 1.807) is 6.07 Å². The van der Waals surface area contributed by atoms with Crippen LogP contribution in [0.2, 0.25) is 0 Å². The van der Waals surface area contributed by atoms with E-state index in [9.17, 15) is 4.79 Å². The Hall–Kier alpha value is -2.62. The summed E-state index contributed by atoms with van der Waals surface area (Å²) in [6.07, 6.45) is 3.80. The SMILES string of the molecule is Cc1cn2cccc(C(=O)Nc3cccc(C)c3C)c2n1. The predicted octanol–water partition coefficient (Wildman–Crippen LogP) is 3.51. The monoisotopic (exact) mass is 279 g/mol. The van der Waals surface area contributed by atoms with E-state index in [4.69, 9.17) is 0 Å². The molecule has 2 heterocycles. The van der Waals surface area contributed by atoms with Crippen molar-refractivity contribution in [1.82, 2.24) is 9.38 Å². The number of aryl methyl sites for hydroxylation is 2. The van der Waals surface area contributed by atoms with Crippen LogP contribution in [0.3, 0.4) is 0 Å². The molecule has 106 valence electrons. The molecule has 0 spiro atoms. The van der Waals surface area contributed by atoms with Crippen molar-refractivity contribution in [2.24, 2.45) is 0 Å². The Bertz CT molecular complexity index is 833. The Morgan fingerprint density at radius 3 is 2.76 bits per heavy atom. The van der Waals surface area contributed by atoms with Crippen LogP contribution in [0.4, 0.5) is 5.69 Å². The van der Waals surface area contributed by atoms with Crippen LogP contribution in [-0.4, -0.2) is 15.3 Å². The first-order valence-electron chi connectivity index (χ1n) is 6.88. The number of hydrogen-bond acceptors (Lipinski definition) is 2. The average Bonchev–Trinajstić information content (AvgIpc) is 2.83. The zero-order valence-electron chi connectivity index (χ0n) is 12.3. The molecule has 4 nitrogen and oxygen atoms in total. The predicted molar refractivity (Wildman–Crippen MR) is 83.8 cm³/mol. The number of amides is 1. The number of pyridine rings is 1. The minimum absolute atomic E-state index is 0.139. The van der Waals surface area contributed by atoms with Crippen molar-refractivity contribution in [1.29, 1.82) is 0 Å². The van der Waals surface area contributed by atoms with Crippen LogP contribution in [0, 0.1) is 20.8 Å². The molecule has 0 aliphatic heterocycles. The first-order chi connectivity index (χ1) is 10.1. The number of fused-ring (bicyclic) bond motifs is 1. The Balaban J connectivity index is 1.99. The van der Waals surface area contributed by atoms with Crippen molar-refractivity contribution < 1.29 is 4.79 Å². The van der Waals surface area contributed by atoms with Crippen LogP contribution in [0.1, 0.15) is 27.2 Å². The quantitative estimate of drug-likeness (QED) is 0.780. The second kappa shape index (κ2) is 5.05. The van der Waals surface area contributed by atoms with Crippen molar-refractivity contribution in [3.63, 3.8) is 0 Å². The van der Waals surface area contributed by atoms with Gasteiger partial charge >= 0.3 is 0 Å². The minimum atomic E-state index is -0.139. The van der Waals surface area contributed by atoms with E-state index >= 15 is 0 Å². The van der Waals surface area contributed by atoms with Crippen LogP contribution in [-0.2, 0) is 0 Å². The highest BCUT2D eigenvalue weighted by atomic mass is 16.1. The lowest BCUT2D eigenvalue weighted by atomic mass is 10.1. The Morgan fingerprint density at radius 2 is 1.95 bits per heavy atom. The number of hydrogen-bond donors (Lipinski definition) is 1. The van der Waals surface area contributed by atoms with Crippen molar-refractivity contribution in [3.05, 3.63) is 65.1 Å². The summed E-state index contributed by atoms with van der Waals surface area (Å²) in [5, 5.41) is 2.98. The lowest BCUT2D eigenvalue weighted by molar-refractivity contribution is 0.102. The Morgan fingerprint density at radius 1 is 1.14 bits per heavy atom. The first-order valence-corrected chi connectivity index (χ1v) is 6.88. The maximum atomic E-state index is 12.5. The summed E-state index contributed by atoms with van der Waals surface area (Å²) < 4.78 is 1.87. The number of rotatable bonds is 2. The van der Waals surface area contributed by atoms with Crippen molar-refractivity contribution in [2.45, 2.75) is 20.8 Å². The highest BCUT2D eigenvalue weighted by Gasteiger charge is 2.13. The van der Waals surface area contributed by atoms with Gasteiger partial charge in [0.15, 0.2) is 0 Å². The minimum Gasteiger partial charge on any atom is -0.322 e. The first kappa shape index (κ1) is 13.4. The fourth-order valence-corrected chi connectivity index (χ4v) is 2.39. The van der Waals surface area contributed by atoms with Crippen LogP contribution < -0.4 is 5.32 Å². The molecule has 0 unspecified atom stereocenters. The highest BCUT2D eigenvalue weighted by molar-refractivity contribution is 6.08. The molecule has 3 rings (SSSR count). The zero-order chi connectivity index (χ0) is 15.0. The van der Waals surface area contributed by atoms with E-state index in [2.05, 4.69) is 10.3 Å². The molecule has 2 aromatic heterocycles. The van der Waals surface area contributed by atoms with Gasteiger partial charge in [-0.05, 0) is 50.1 Å². The molecule has 1 amide bonds. The summed E-state index contributed by atoms with van der Waals surface area (Å²) in [5.74, 6) is -0.139. The molecular formula is C17H17N3O. The molecule has 0 saturated carbocycles. The van der Waals surface area contributed by atoms with Crippen LogP contribution in [0.25, 0.3) is 5.65 Å². The number of nitrogens with zero attached hydrogens (tertiary/aromatic N) is 2. The molecule has 0 aliphatic rings. The standard InChI is InChI=1S/C17H17N3O/c1-11-6-4-8-15(13(11)3)19-17(21)14-7-5-9-20-10-12(2)18-16(14)20/h4-10H,1-3H3,(H,19,21). The van der Waals surface area contributed by atoms with Gasteiger partial charge in [0, 0.05) is 18.1 Å². The lowest BCUT2D eigenvalue weighted by Gasteiger charge is -2.10. The number of aromatic nitrogens is 2. The van der Waals surface area contributed by atoms with Gasteiger partial charge in [-0.3, -0.25) is 4.79 Å². The second-order valence-electron chi connectivity index (χ2n) is 5.24. The van der Waals surface area contributed by atoms with E-state index in [0.717, 1.165) is 22.5 Å². The molecule has 0 atom stereocenters. The number of benzene rings is 1. The van der Waals surface area contributed by atoms with Gasteiger partial charge in [0.1, 0.15) is 5.65 Å². The van der Waals surface area contributed by atoms with E-state index in [1.165, 1.54) is 0 Å². The number of nitrogens with one attached hydrogen (secondary N) is 1.